The smallest absolute Gasteiger partial charge is 0.343 e. The summed E-state index contributed by atoms with van der Waals surface area (Å²) in [4.78, 5) is 23.4. The third-order valence-corrected chi connectivity index (χ3v) is 4.99. The number of rotatable bonds is 17. The molecule has 0 aliphatic heterocycles. The lowest BCUT2D eigenvalue weighted by Crippen LogP contribution is -2.22. The Kier molecular flexibility index (Phi) is 16.7. The molecular formula is C23H40O5. The monoisotopic (exact) mass is 396 g/mol. The standard InChI is InChI=1S/C23H40O5/c1-4-19(2)22(26)28-23(27)20(3)21(25)17-15-13-11-9-7-5-6-8-10-12-14-16-18-24/h4,21,24-25H,3,5-18H2,1-2H3. The molecule has 1 unspecified atom stereocenters. The van der Waals surface area contributed by atoms with Gasteiger partial charge in [-0.1, -0.05) is 83.3 Å². The molecule has 0 aliphatic carbocycles. The van der Waals surface area contributed by atoms with Gasteiger partial charge in [-0.05, 0) is 26.7 Å². The van der Waals surface area contributed by atoms with Crippen LogP contribution in [-0.4, -0.2) is 34.9 Å². The van der Waals surface area contributed by atoms with E-state index in [1.165, 1.54) is 44.9 Å². The molecule has 0 bridgehead atoms. The molecule has 0 rings (SSSR count). The maximum absolute atomic E-state index is 11.8. The molecule has 0 saturated carbocycles. The van der Waals surface area contributed by atoms with Crippen molar-refractivity contribution >= 4 is 11.9 Å². The summed E-state index contributed by atoms with van der Waals surface area (Å²) in [6.45, 7) is 7.12. The molecule has 0 heterocycles. The van der Waals surface area contributed by atoms with Crippen LogP contribution in [0.1, 0.15) is 97.3 Å². The Morgan fingerprint density at radius 1 is 0.857 bits per heavy atom. The first-order valence-electron chi connectivity index (χ1n) is 10.8. The van der Waals surface area contributed by atoms with E-state index < -0.39 is 18.0 Å². The zero-order chi connectivity index (χ0) is 21.2. The second-order valence-electron chi connectivity index (χ2n) is 7.44. The maximum Gasteiger partial charge on any atom is 0.343 e. The Morgan fingerprint density at radius 2 is 1.29 bits per heavy atom. The van der Waals surface area contributed by atoms with E-state index >= 15 is 0 Å². The summed E-state index contributed by atoms with van der Waals surface area (Å²) in [6.07, 6.45) is 14.8. The molecule has 0 aliphatic rings. The first-order chi connectivity index (χ1) is 13.4. The summed E-state index contributed by atoms with van der Waals surface area (Å²) in [7, 11) is 0. The quantitative estimate of drug-likeness (QED) is 0.156. The van der Waals surface area contributed by atoms with E-state index in [1.807, 2.05) is 0 Å². The van der Waals surface area contributed by atoms with Crippen LogP contribution in [0.15, 0.2) is 23.8 Å². The fourth-order valence-electron chi connectivity index (χ4n) is 2.88. The number of carbonyl (C=O) groups excluding carboxylic acids is 2. The predicted octanol–water partition coefficient (Wildman–Crippen LogP) is 5.00. The van der Waals surface area contributed by atoms with Crippen molar-refractivity contribution in [1.82, 2.24) is 0 Å². The number of aliphatic hydroxyl groups excluding tert-OH is 2. The lowest BCUT2D eigenvalue weighted by Gasteiger charge is -2.12. The molecule has 0 fully saturated rings. The highest BCUT2D eigenvalue weighted by atomic mass is 16.6. The molecule has 5 nitrogen and oxygen atoms in total. The second kappa shape index (κ2) is 17.6. The van der Waals surface area contributed by atoms with E-state index in [9.17, 15) is 14.7 Å². The van der Waals surface area contributed by atoms with Crippen LogP contribution in [0.5, 0.6) is 0 Å². The van der Waals surface area contributed by atoms with E-state index in [0.717, 1.165) is 32.1 Å². The van der Waals surface area contributed by atoms with Gasteiger partial charge in [-0.25, -0.2) is 9.59 Å². The highest BCUT2D eigenvalue weighted by Crippen LogP contribution is 2.15. The van der Waals surface area contributed by atoms with E-state index in [0.29, 0.717) is 18.6 Å². The molecule has 2 N–H and O–H groups in total. The van der Waals surface area contributed by atoms with Crippen molar-refractivity contribution < 1.29 is 24.5 Å². The largest absolute Gasteiger partial charge is 0.396 e. The van der Waals surface area contributed by atoms with Gasteiger partial charge in [0.15, 0.2) is 0 Å². The van der Waals surface area contributed by atoms with Crippen molar-refractivity contribution in [2.75, 3.05) is 6.61 Å². The van der Waals surface area contributed by atoms with Crippen LogP contribution in [0.25, 0.3) is 0 Å². The van der Waals surface area contributed by atoms with Gasteiger partial charge >= 0.3 is 11.9 Å². The van der Waals surface area contributed by atoms with E-state index in [-0.39, 0.29) is 5.57 Å². The Labute approximate surface area is 170 Å². The van der Waals surface area contributed by atoms with E-state index in [2.05, 4.69) is 11.3 Å². The molecule has 0 aromatic heterocycles. The third kappa shape index (κ3) is 13.7. The van der Waals surface area contributed by atoms with Crippen molar-refractivity contribution in [3.8, 4) is 0 Å². The summed E-state index contributed by atoms with van der Waals surface area (Å²) < 4.78 is 4.69. The molecule has 0 aromatic carbocycles. The number of hydrogen-bond acceptors (Lipinski definition) is 5. The summed E-state index contributed by atoms with van der Waals surface area (Å²) in [5.74, 6) is -1.55. The molecule has 0 amide bonds. The average Bonchev–Trinajstić information content (AvgIpc) is 2.69. The lowest BCUT2D eigenvalue weighted by molar-refractivity contribution is -0.154. The van der Waals surface area contributed by atoms with E-state index in [1.54, 1.807) is 19.9 Å². The summed E-state index contributed by atoms with van der Waals surface area (Å²) >= 11 is 0. The SMILES string of the molecule is C=C(C(=O)OC(=O)C(C)=CC)C(O)CCCCCCCCCCCCCCO. The van der Waals surface area contributed by atoms with Crippen LogP contribution in [0.3, 0.4) is 0 Å². The minimum absolute atomic E-state index is 0.0590. The summed E-state index contributed by atoms with van der Waals surface area (Å²) in [5, 5.41) is 18.7. The van der Waals surface area contributed by atoms with Crippen LogP contribution < -0.4 is 0 Å². The van der Waals surface area contributed by atoms with Gasteiger partial charge in [-0.2, -0.15) is 0 Å². The Balaban J connectivity index is 3.63. The number of aliphatic hydroxyl groups is 2. The minimum Gasteiger partial charge on any atom is -0.396 e. The van der Waals surface area contributed by atoms with Gasteiger partial charge in [-0.3, -0.25) is 0 Å². The van der Waals surface area contributed by atoms with Gasteiger partial charge in [0.2, 0.25) is 0 Å². The predicted molar refractivity (Wildman–Crippen MR) is 113 cm³/mol. The van der Waals surface area contributed by atoms with Crippen molar-refractivity contribution in [3.63, 3.8) is 0 Å². The van der Waals surface area contributed by atoms with Crippen molar-refractivity contribution in [2.24, 2.45) is 0 Å². The molecule has 0 saturated heterocycles. The highest BCUT2D eigenvalue weighted by Gasteiger charge is 2.20. The van der Waals surface area contributed by atoms with Gasteiger partial charge < -0.3 is 14.9 Å². The summed E-state index contributed by atoms with van der Waals surface area (Å²) in [6, 6.07) is 0. The normalized spacial score (nSPS) is 12.6. The average molecular weight is 397 g/mol. The van der Waals surface area contributed by atoms with Gasteiger partial charge in [0.25, 0.3) is 0 Å². The number of hydrogen-bond donors (Lipinski definition) is 2. The third-order valence-electron chi connectivity index (χ3n) is 4.99. The maximum atomic E-state index is 11.8. The zero-order valence-corrected chi connectivity index (χ0v) is 17.9. The van der Waals surface area contributed by atoms with E-state index in [4.69, 9.17) is 5.11 Å². The van der Waals surface area contributed by atoms with Crippen LogP contribution in [0.2, 0.25) is 0 Å². The lowest BCUT2D eigenvalue weighted by atomic mass is 10.0. The molecule has 5 heteroatoms. The van der Waals surface area contributed by atoms with Crippen LogP contribution >= 0.6 is 0 Å². The molecule has 28 heavy (non-hydrogen) atoms. The topological polar surface area (TPSA) is 83.8 Å². The fourth-order valence-corrected chi connectivity index (χ4v) is 2.88. The summed E-state index contributed by atoms with van der Waals surface area (Å²) in [5.41, 5.74) is 0.286. The number of allylic oxidation sites excluding steroid dienone is 1. The Morgan fingerprint density at radius 3 is 1.71 bits per heavy atom. The second-order valence-corrected chi connectivity index (χ2v) is 7.44. The molecule has 0 aromatic rings. The Bertz CT molecular complexity index is 481. The van der Waals surface area contributed by atoms with Gasteiger partial charge in [0, 0.05) is 12.2 Å². The molecular weight excluding hydrogens is 356 g/mol. The molecule has 0 radical (unpaired) electrons. The number of carbonyl (C=O) groups is 2. The first-order valence-corrected chi connectivity index (χ1v) is 10.8. The fraction of sp³-hybridized carbons (Fsp3) is 0.739. The molecule has 162 valence electrons. The highest BCUT2D eigenvalue weighted by molar-refractivity contribution is 6.01. The number of unbranched alkanes of at least 4 members (excludes halogenated alkanes) is 11. The van der Waals surface area contributed by atoms with Gasteiger partial charge in [-0.15, -0.1) is 0 Å². The zero-order valence-electron chi connectivity index (χ0n) is 17.9. The van der Waals surface area contributed by atoms with Crippen LogP contribution in [-0.2, 0) is 14.3 Å². The van der Waals surface area contributed by atoms with Crippen molar-refractivity contribution in [2.45, 2.75) is 103 Å². The van der Waals surface area contributed by atoms with Crippen molar-refractivity contribution in [3.05, 3.63) is 23.8 Å². The van der Waals surface area contributed by atoms with Crippen LogP contribution in [0, 0.1) is 0 Å². The Hall–Kier alpha value is -1.46. The van der Waals surface area contributed by atoms with Crippen LogP contribution in [0.4, 0.5) is 0 Å². The number of ether oxygens (including phenoxy) is 1. The minimum atomic E-state index is -0.961. The van der Waals surface area contributed by atoms with Crippen molar-refractivity contribution in [1.29, 1.82) is 0 Å². The first kappa shape index (κ1) is 26.5. The molecule has 0 spiro atoms. The molecule has 1 atom stereocenters. The number of esters is 2. The van der Waals surface area contributed by atoms with Gasteiger partial charge in [0.05, 0.1) is 11.7 Å². The van der Waals surface area contributed by atoms with Gasteiger partial charge in [0.1, 0.15) is 0 Å².